The van der Waals surface area contributed by atoms with Gasteiger partial charge in [0.05, 0.1) is 7.11 Å². The molecule has 0 amide bonds. The highest BCUT2D eigenvalue weighted by Crippen LogP contribution is 2.33. The predicted octanol–water partition coefficient (Wildman–Crippen LogP) is 2.77. The number of nitrogens with zero attached hydrogens (tertiary/aromatic N) is 1. The quantitative estimate of drug-likeness (QED) is 0.837. The van der Waals surface area contributed by atoms with Gasteiger partial charge in [-0.25, -0.2) is 0 Å². The Morgan fingerprint density at radius 1 is 1.19 bits per heavy atom. The van der Waals surface area contributed by atoms with Crippen LogP contribution in [0, 0.1) is 6.92 Å². The molecular formula is C13H13NO2. The third-order valence-corrected chi connectivity index (χ3v) is 2.51. The summed E-state index contributed by atoms with van der Waals surface area (Å²) in [4.78, 5) is 4.03. The maximum Gasteiger partial charge on any atom is 0.123 e. The van der Waals surface area contributed by atoms with E-state index in [2.05, 4.69) is 4.98 Å². The van der Waals surface area contributed by atoms with Crippen LogP contribution in [0.25, 0.3) is 11.1 Å². The van der Waals surface area contributed by atoms with Crippen LogP contribution in [0.4, 0.5) is 0 Å². The minimum Gasteiger partial charge on any atom is -0.507 e. The molecule has 0 atom stereocenters. The minimum atomic E-state index is 0.245. The van der Waals surface area contributed by atoms with Crippen LogP contribution in [0.1, 0.15) is 5.56 Å². The first-order valence-corrected chi connectivity index (χ1v) is 5.00. The Morgan fingerprint density at radius 3 is 2.69 bits per heavy atom. The first-order chi connectivity index (χ1) is 7.72. The molecule has 0 bridgehead atoms. The number of aryl methyl sites for hydroxylation is 1. The molecule has 0 aliphatic carbocycles. The van der Waals surface area contributed by atoms with Gasteiger partial charge in [0.15, 0.2) is 0 Å². The summed E-state index contributed by atoms with van der Waals surface area (Å²) in [5.74, 6) is 0.971. The van der Waals surface area contributed by atoms with E-state index in [1.807, 2.05) is 19.1 Å². The van der Waals surface area contributed by atoms with Gasteiger partial charge in [-0.2, -0.15) is 0 Å². The van der Waals surface area contributed by atoms with Gasteiger partial charge in [0.2, 0.25) is 0 Å². The van der Waals surface area contributed by atoms with Crippen molar-refractivity contribution in [2.24, 2.45) is 0 Å². The SMILES string of the molecule is COc1ccc(O)c(-c2ccncc2C)c1. The van der Waals surface area contributed by atoms with Crippen molar-refractivity contribution in [1.82, 2.24) is 4.98 Å². The second kappa shape index (κ2) is 4.23. The topological polar surface area (TPSA) is 42.4 Å². The van der Waals surface area contributed by atoms with E-state index in [1.54, 1.807) is 31.6 Å². The molecule has 1 N–H and O–H groups in total. The Morgan fingerprint density at radius 2 is 2.00 bits per heavy atom. The number of ether oxygens (including phenoxy) is 1. The van der Waals surface area contributed by atoms with Crippen molar-refractivity contribution in [2.45, 2.75) is 6.92 Å². The zero-order chi connectivity index (χ0) is 11.5. The fourth-order valence-electron chi connectivity index (χ4n) is 1.63. The number of phenolic OH excluding ortho intramolecular Hbond substituents is 1. The van der Waals surface area contributed by atoms with Gasteiger partial charge in [-0.3, -0.25) is 4.98 Å². The van der Waals surface area contributed by atoms with E-state index in [0.717, 1.165) is 22.4 Å². The van der Waals surface area contributed by atoms with Gasteiger partial charge in [0.25, 0.3) is 0 Å². The number of aromatic nitrogens is 1. The lowest BCUT2D eigenvalue weighted by atomic mass is 10.0. The van der Waals surface area contributed by atoms with Crippen LogP contribution in [0.3, 0.4) is 0 Å². The molecule has 3 heteroatoms. The largest absolute Gasteiger partial charge is 0.507 e. The third kappa shape index (κ3) is 1.84. The average molecular weight is 215 g/mol. The molecule has 0 aliphatic rings. The van der Waals surface area contributed by atoms with Crippen LogP contribution in [0.5, 0.6) is 11.5 Å². The Balaban J connectivity index is 2.59. The van der Waals surface area contributed by atoms with Gasteiger partial charge in [-0.1, -0.05) is 0 Å². The maximum absolute atomic E-state index is 9.83. The zero-order valence-corrected chi connectivity index (χ0v) is 9.27. The van der Waals surface area contributed by atoms with Gasteiger partial charge < -0.3 is 9.84 Å². The summed E-state index contributed by atoms with van der Waals surface area (Å²) in [5.41, 5.74) is 2.75. The number of aromatic hydroxyl groups is 1. The van der Waals surface area contributed by atoms with Gasteiger partial charge in [0.1, 0.15) is 11.5 Å². The molecule has 0 spiro atoms. The number of hydrogen-bond donors (Lipinski definition) is 1. The Labute approximate surface area is 94.3 Å². The average Bonchev–Trinajstić information content (AvgIpc) is 2.31. The molecule has 3 nitrogen and oxygen atoms in total. The smallest absolute Gasteiger partial charge is 0.123 e. The highest BCUT2D eigenvalue weighted by molar-refractivity contribution is 5.73. The van der Waals surface area contributed by atoms with Crippen molar-refractivity contribution in [3.63, 3.8) is 0 Å². The highest BCUT2D eigenvalue weighted by Gasteiger charge is 2.08. The van der Waals surface area contributed by atoms with Crippen LogP contribution in [0.15, 0.2) is 36.7 Å². The second-order valence-corrected chi connectivity index (χ2v) is 3.57. The Hall–Kier alpha value is -2.03. The van der Waals surface area contributed by atoms with Crippen LogP contribution in [-0.4, -0.2) is 17.2 Å². The summed E-state index contributed by atoms with van der Waals surface area (Å²) in [6.07, 6.45) is 3.48. The molecule has 1 heterocycles. The normalized spacial score (nSPS) is 10.1. The molecule has 0 radical (unpaired) electrons. The molecule has 1 aromatic carbocycles. The van der Waals surface area contributed by atoms with Crippen molar-refractivity contribution in [3.8, 4) is 22.6 Å². The van der Waals surface area contributed by atoms with Gasteiger partial charge >= 0.3 is 0 Å². The number of hydrogen-bond acceptors (Lipinski definition) is 3. The molecule has 0 unspecified atom stereocenters. The molecule has 0 saturated carbocycles. The molecule has 1 aromatic heterocycles. The Bertz CT molecular complexity index is 509. The molecule has 2 rings (SSSR count). The van der Waals surface area contributed by atoms with E-state index in [1.165, 1.54) is 0 Å². The van der Waals surface area contributed by atoms with Crippen molar-refractivity contribution in [1.29, 1.82) is 0 Å². The molecule has 0 saturated heterocycles. The number of pyridine rings is 1. The molecule has 0 aliphatic heterocycles. The molecule has 2 aromatic rings. The van der Waals surface area contributed by atoms with Crippen LogP contribution in [-0.2, 0) is 0 Å². The van der Waals surface area contributed by atoms with Gasteiger partial charge in [-0.15, -0.1) is 0 Å². The number of methoxy groups -OCH3 is 1. The summed E-state index contributed by atoms with van der Waals surface area (Å²) in [7, 11) is 1.61. The maximum atomic E-state index is 9.83. The summed E-state index contributed by atoms with van der Waals surface area (Å²) in [6, 6.07) is 7.06. The van der Waals surface area contributed by atoms with Gasteiger partial charge in [-0.05, 0) is 42.3 Å². The van der Waals surface area contributed by atoms with E-state index in [9.17, 15) is 5.11 Å². The fourth-order valence-corrected chi connectivity index (χ4v) is 1.63. The van der Waals surface area contributed by atoms with E-state index < -0.39 is 0 Å². The lowest BCUT2D eigenvalue weighted by Crippen LogP contribution is -1.88. The predicted molar refractivity (Wildman–Crippen MR) is 62.6 cm³/mol. The lowest BCUT2D eigenvalue weighted by Gasteiger charge is -2.09. The molecule has 82 valence electrons. The van der Waals surface area contributed by atoms with Crippen molar-refractivity contribution in [2.75, 3.05) is 7.11 Å². The third-order valence-electron chi connectivity index (χ3n) is 2.51. The number of benzene rings is 1. The monoisotopic (exact) mass is 215 g/mol. The Kier molecular flexibility index (Phi) is 2.77. The van der Waals surface area contributed by atoms with Crippen molar-refractivity contribution in [3.05, 3.63) is 42.2 Å². The van der Waals surface area contributed by atoms with E-state index in [0.29, 0.717) is 0 Å². The fraction of sp³-hybridized carbons (Fsp3) is 0.154. The van der Waals surface area contributed by atoms with Crippen molar-refractivity contribution >= 4 is 0 Å². The van der Waals surface area contributed by atoms with Crippen LogP contribution >= 0.6 is 0 Å². The van der Waals surface area contributed by atoms with Gasteiger partial charge in [0, 0.05) is 18.0 Å². The zero-order valence-electron chi connectivity index (χ0n) is 9.27. The summed E-state index contributed by atoms with van der Waals surface area (Å²) in [5, 5.41) is 9.83. The van der Waals surface area contributed by atoms with E-state index >= 15 is 0 Å². The van der Waals surface area contributed by atoms with Crippen LogP contribution in [0.2, 0.25) is 0 Å². The molecular weight excluding hydrogens is 202 g/mol. The first kappa shape index (κ1) is 10.5. The lowest BCUT2D eigenvalue weighted by molar-refractivity contribution is 0.412. The summed E-state index contributed by atoms with van der Waals surface area (Å²) >= 11 is 0. The highest BCUT2D eigenvalue weighted by atomic mass is 16.5. The number of phenols is 1. The first-order valence-electron chi connectivity index (χ1n) is 5.00. The summed E-state index contributed by atoms with van der Waals surface area (Å²) in [6.45, 7) is 1.96. The van der Waals surface area contributed by atoms with Crippen LogP contribution < -0.4 is 4.74 Å². The van der Waals surface area contributed by atoms with E-state index in [-0.39, 0.29) is 5.75 Å². The molecule has 16 heavy (non-hydrogen) atoms. The summed E-state index contributed by atoms with van der Waals surface area (Å²) < 4.78 is 5.14. The minimum absolute atomic E-state index is 0.245. The number of rotatable bonds is 2. The van der Waals surface area contributed by atoms with E-state index in [4.69, 9.17) is 4.74 Å². The second-order valence-electron chi connectivity index (χ2n) is 3.57. The standard InChI is InChI=1S/C13H13NO2/c1-9-8-14-6-5-11(9)12-7-10(16-2)3-4-13(12)15/h3-8,15H,1-2H3. The van der Waals surface area contributed by atoms with Crippen molar-refractivity contribution < 1.29 is 9.84 Å². The molecule has 0 fully saturated rings.